The fourth-order valence-corrected chi connectivity index (χ4v) is 2.83. The zero-order chi connectivity index (χ0) is 15.2. The van der Waals surface area contributed by atoms with Crippen LogP contribution in [-0.4, -0.2) is 36.4 Å². The van der Waals surface area contributed by atoms with Crippen molar-refractivity contribution in [2.45, 2.75) is 12.2 Å². The van der Waals surface area contributed by atoms with E-state index in [0.717, 1.165) is 10.9 Å². The summed E-state index contributed by atoms with van der Waals surface area (Å²) in [6, 6.07) is 4.07. The van der Waals surface area contributed by atoms with Gasteiger partial charge in [0.2, 0.25) is 0 Å². The van der Waals surface area contributed by atoms with Crippen molar-refractivity contribution in [1.29, 1.82) is 0 Å². The van der Waals surface area contributed by atoms with Crippen LogP contribution in [0.5, 0.6) is 0 Å². The normalized spacial score (nSPS) is 20.2. The zero-order valence-corrected chi connectivity index (χ0v) is 11.6. The van der Waals surface area contributed by atoms with Crippen LogP contribution < -0.4 is 16.0 Å². The first-order chi connectivity index (χ1) is 9.88. The van der Waals surface area contributed by atoms with E-state index in [1.54, 1.807) is 11.0 Å². The average Bonchev–Trinajstić information content (AvgIpc) is 2.81. The molecule has 21 heavy (non-hydrogen) atoms. The van der Waals surface area contributed by atoms with Gasteiger partial charge in [0.1, 0.15) is 6.04 Å². The lowest BCUT2D eigenvalue weighted by atomic mass is 10.1. The predicted octanol–water partition coefficient (Wildman–Crippen LogP) is 2.10. The van der Waals surface area contributed by atoms with Crippen LogP contribution in [0.3, 0.4) is 0 Å². The van der Waals surface area contributed by atoms with Gasteiger partial charge in [-0.25, -0.2) is 0 Å². The molecule has 1 aromatic carbocycles. The molecule has 3 rings (SSSR count). The van der Waals surface area contributed by atoms with Crippen molar-refractivity contribution < 1.29 is 13.2 Å². The van der Waals surface area contributed by atoms with E-state index in [9.17, 15) is 13.2 Å². The van der Waals surface area contributed by atoms with Crippen molar-refractivity contribution in [3.05, 3.63) is 24.4 Å². The molecule has 1 fully saturated rings. The van der Waals surface area contributed by atoms with Gasteiger partial charge >= 0.3 is 6.18 Å². The van der Waals surface area contributed by atoms with Crippen molar-refractivity contribution >= 4 is 22.3 Å². The summed E-state index contributed by atoms with van der Waals surface area (Å²) in [6.07, 6.45) is -2.36. The Hall–Kier alpha value is -1.89. The third kappa shape index (κ3) is 2.42. The van der Waals surface area contributed by atoms with Crippen LogP contribution in [0.15, 0.2) is 24.4 Å². The topological polar surface area (TPSA) is 46.2 Å². The van der Waals surface area contributed by atoms with E-state index >= 15 is 0 Å². The van der Waals surface area contributed by atoms with Crippen LogP contribution in [-0.2, 0) is 7.05 Å². The number of fused-ring (bicyclic) bond motifs is 1. The Bertz CT molecular complexity index is 662. The van der Waals surface area contributed by atoms with Crippen molar-refractivity contribution in [2.75, 3.05) is 30.3 Å². The van der Waals surface area contributed by atoms with Crippen LogP contribution in [0.4, 0.5) is 24.5 Å². The lowest BCUT2D eigenvalue weighted by Crippen LogP contribution is -2.57. The number of nitrogens with two attached hydrogens (primary N) is 1. The minimum Gasteiger partial charge on any atom is -0.396 e. The molecule has 3 N–H and O–H groups in total. The molecule has 2 heterocycles. The third-order valence-corrected chi connectivity index (χ3v) is 4.00. The Labute approximate surface area is 120 Å². The van der Waals surface area contributed by atoms with Gasteiger partial charge in [-0.05, 0) is 18.2 Å². The molecule has 2 aromatic rings. The number of hydrogen-bond acceptors (Lipinski definition) is 3. The summed E-state index contributed by atoms with van der Waals surface area (Å²) >= 11 is 0. The first-order valence-electron chi connectivity index (χ1n) is 6.76. The van der Waals surface area contributed by atoms with Crippen molar-refractivity contribution in [1.82, 2.24) is 9.88 Å². The van der Waals surface area contributed by atoms with E-state index in [2.05, 4.69) is 5.32 Å². The molecule has 114 valence electrons. The second-order valence-corrected chi connectivity index (χ2v) is 5.35. The molecule has 4 nitrogen and oxygen atoms in total. The molecule has 1 aliphatic rings. The Morgan fingerprint density at radius 1 is 1.29 bits per heavy atom. The molecule has 1 unspecified atom stereocenters. The fraction of sp³-hybridized carbons (Fsp3) is 0.429. The van der Waals surface area contributed by atoms with Crippen molar-refractivity contribution in [3.8, 4) is 0 Å². The summed E-state index contributed by atoms with van der Waals surface area (Å²) in [6.45, 7) is 0.678. The van der Waals surface area contributed by atoms with Gasteiger partial charge in [-0.3, -0.25) is 0 Å². The van der Waals surface area contributed by atoms with Crippen LogP contribution >= 0.6 is 0 Å². The van der Waals surface area contributed by atoms with Gasteiger partial charge in [0.25, 0.3) is 0 Å². The van der Waals surface area contributed by atoms with Crippen LogP contribution in [0, 0.1) is 0 Å². The van der Waals surface area contributed by atoms with E-state index in [0.29, 0.717) is 17.9 Å². The first-order valence-corrected chi connectivity index (χ1v) is 6.76. The first kappa shape index (κ1) is 14.1. The van der Waals surface area contributed by atoms with Crippen LogP contribution in [0.25, 0.3) is 10.9 Å². The number of hydrogen-bond donors (Lipinski definition) is 2. The van der Waals surface area contributed by atoms with Gasteiger partial charge in [0.15, 0.2) is 0 Å². The quantitative estimate of drug-likeness (QED) is 0.793. The highest BCUT2D eigenvalue weighted by molar-refractivity contribution is 5.98. The summed E-state index contributed by atoms with van der Waals surface area (Å²) < 4.78 is 40.5. The second kappa shape index (κ2) is 4.84. The third-order valence-electron chi connectivity index (χ3n) is 4.00. The number of benzene rings is 1. The summed E-state index contributed by atoms with van der Waals surface area (Å²) in [7, 11) is 1.91. The summed E-state index contributed by atoms with van der Waals surface area (Å²) in [5.74, 6) is 0. The van der Waals surface area contributed by atoms with E-state index in [1.807, 2.05) is 29.9 Å². The number of aryl methyl sites for hydroxylation is 1. The van der Waals surface area contributed by atoms with E-state index in [-0.39, 0.29) is 13.1 Å². The van der Waals surface area contributed by atoms with Gasteiger partial charge in [-0.15, -0.1) is 0 Å². The number of rotatable bonds is 1. The highest BCUT2D eigenvalue weighted by Gasteiger charge is 2.42. The largest absolute Gasteiger partial charge is 0.405 e. The number of nitrogens with zero attached hydrogens (tertiary/aromatic N) is 2. The number of piperazine rings is 1. The second-order valence-electron chi connectivity index (χ2n) is 5.35. The van der Waals surface area contributed by atoms with Crippen molar-refractivity contribution in [3.63, 3.8) is 0 Å². The molecule has 0 saturated carbocycles. The van der Waals surface area contributed by atoms with Gasteiger partial charge < -0.3 is 20.5 Å². The molecule has 0 bridgehead atoms. The molecular formula is C14H17F3N4. The maximum absolute atomic E-state index is 12.9. The van der Waals surface area contributed by atoms with Crippen LogP contribution in [0.2, 0.25) is 0 Å². The van der Waals surface area contributed by atoms with Gasteiger partial charge in [-0.1, -0.05) is 0 Å². The molecule has 0 amide bonds. The zero-order valence-electron chi connectivity index (χ0n) is 11.6. The summed E-state index contributed by atoms with van der Waals surface area (Å²) in [4.78, 5) is 1.70. The number of aromatic nitrogens is 1. The lowest BCUT2D eigenvalue weighted by molar-refractivity contribution is -0.155. The van der Waals surface area contributed by atoms with Crippen LogP contribution in [0.1, 0.15) is 0 Å². The highest BCUT2D eigenvalue weighted by atomic mass is 19.4. The Morgan fingerprint density at radius 2 is 2.05 bits per heavy atom. The number of alkyl halides is 3. The maximum atomic E-state index is 12.9. The summed E-state index contributed by atoms with van der Waals surface area (Å²) in [5.41, 5.74) is 8.34. The van der Waals surface area contributed by atoms with Gasteiger partial charge in [0.05, 0.1) is 11.4 Å². The number of halogens is 3. The standard InChI is InChI=1S/C14H17F3N4/c1-20-6-4-9-10(20)2-3-11(13(9)18)21-7-5-19-12(8-21)14(15,16)17/h2-4,6,12,19H,5,7-8,18H2,1H3. The minimum absolute atomic E-state index is 0.119. The van der Waals surface area contributed by atoms with E-state index in [1.165, 1.54) is 0 Å². The van der Waals surface area contributed by atoms with Gasteiger partial charge in [-0.2, -0.15) is 13.2 Å². The summed E-state index contributed by atoms with van der Waals surface area (Å²) in [5, 5.41) is 3.38. The monoisotopic (exact) mass is 298 g/mol. The van der Waals surface area contributed by atoms with Crippen molar-refractivity contribution in [2.24, 2.45) is 7.05 Å². The molecule has 0 radical (unpaired) electrons. The smallest absolute Gasteiger partial charge is 0.396 e. The number of anilines is 2. The predicted molar refractivity (Wildman–Crippen MR) is 77.4 cm³/mol. The fourth-order valence-electron chi connectivity index (χ4n) is 2.83. The van der Waals surface area contributed by atoms with E-state index < -0.39 is 12.2 Å². The molecule has 0 aliphatic carbocycles. The molecule has 1 atom stereocenters. The van der Waals surface area contributed by atoms with Gasteiger partial charge in [0, 0.05) is 43.8 Å². The molecule has 0 spiro atoms. The molecule has 1 aliphatic heterocycles. The maximum Gasteiger partial charge on any atom is 0.405 e. The molecule has 7 heteroatoms. The molecule has 1 saturated heterocycles. The highest BCUT2D eigenvalue weighted by Crippen LogP contribution is 2.33. The minimum atomic E-state index is -4.25. The van der Waals surface area contributed by atoms with E-state index in [4.69, 9.17) is 5.73 Å². The number of nitrogens with one attached hydrogen (secondary N) is 1. The SMILES string of the molecule is Cn1ccc2c(N)c(N3CCNC(C(F)(F)F)C3)ccc21. The number of nitrogen functional groups attached to an aromatic ring is 1. The Morgan fingerprint density at radius 3 is 2.76 bits per heavy atom. The Kier molecular flexibility index (Phi) is 3.24. The average molecular weight is 298 g/mol. The molecular weight excluding hydrogens is 281 g/mol. The lowest BCUT2D eigenvalue weighted by Gasteiger charge is -2.36. The Balaban J connectivity index is 1.95. The molecule has 1 aromatic heterocycles.